The van der Waals surface area contributed by atoms with E-state index < -0.39 is 15.9 Å². The molecule has 7 nitrogen and oxygen atoms in total. The molecule has 0 saturated carbocycles. The second kappa shape index (κ2) is 10.2. The lowest BCUT2D eigenvalue weighted by Crippen LogP contribution is -2.39. The van der Waals surface area contributed by atoms with Gasteiger partial charge in [-0.3, -0.25) is 9.59 Å². The zero-order chi connectivity index (χ0) is 20.7. The second-order valence-electron chi connectivity index (χ2n) is 6.76. The van der Waals surface area contributed by atoms with E-state index in [1.165, 1.54) is 22.5 Å². The molecular weight excluding hydrogens is 402 g/mol. The number of nitrogens with one attached hydrogen (secondary N) is 1. The highest BCUT2D eigenvalue weighted by Gasteiger charge is 2.23. The minimum Gasteiger partial charge on any atom is -0.333 e. The average Bonchev–Trinajstić information content (AvgIpc) is 2.64. The maximum Gasteiger partial charge on any atom is 0.244 e. The Morgan fingerprint density at radius 3 is 2.54 bits per heavy atom. The summed E-state index contributed by atoms with van der Waals surface area (Å²) in [6, 6.07) is 4.24. The lowest BCUT2D eigenvalue weighted by molar-refractivity contribution is -0.135. The van der Waals surface area contributed by atoms with Crippen LogP contribution in [0.5, 0.6) is 0 Å². The van der Waals surface area contributed by atoms with Gasteiger partial charge in [-0.1, -0.05) is 38.3 Å². The molecule has 1 heterocycles. The molecule has 1 aliphatic rings. The second-order valence-corrected chi connectivity index (χ2v) is 9.10. The Morgan fingerprint density at radius 2 is 1.86 bits per heavy atom. The normalized spacial score (nSPS) is 16.0. The van der Waals surface area contributed by atoms with Gasteiger partial charge in [0.1, 0.15) is 0 Å². The summed E-state index contributed by atoms with van der Waals surface area (Å²) in [5.41, 5.74) is 0.222. The number of nitrogens with zero attached hydrogens (tertiary/aromatic N) is 2. The minimum atomic E-state index is -3.66. The molecule has 28 heavy (non-hydrogen) atoms. The molecule has 0 aliphatic carbocycles. The lowest BCUT2D eigenvalue weighted by Gasteiger charge is -2.24. The lowest BCUT2D eigenvalue weighted by atomic mass is 10.1. The predicted octanol–water partition coefficient (Wildman–Crippen LogP) is 3.10. The summed E-state index contributed by atoms with van der Waals surface area (Å²) in [4.78, 5) is 26.3. The fraction of sp³-hybridized carbons (Fsp3) is 0.579. The maximum absolute atomic E-state index is 12.7. The molecule has 1 aromatic carbocycles. The van der Waals surface area contributed by atoms with E-state index in [2.05, 4.69) is 5.32 Å². The average molecular weight is 430 g/mol. The Morgan fingerprint density at radius 1 is 1.18 bits per heavy atom. The van der Waals surface area contributed by atoms with E-state index >= 15 is 0 Å². The van der Waals surface area contributed by atoms with Gasteiger partial charge in [0.2, 0.25) is 21.8 Å². The van der Waals surface area contributed by atoms with Crippen LogP contribution in [0.3, 0.4) is 0 Å². The van der Waals surface area contributed by atoms with Gasteiger partial charge in [-0.2, -0.15) is 4.31 Å². The molecule has 1 aliphatic heterocycles. The number of benzene rings is 1. The van der Waals surface area contributed by atoms with E-state index in [1.807, 2.05) is 0 Å². The van der Waals surface area contributed by atoms with Crippen LogP contribution in [0, 0.1) is 0 Å². The van der Waals surface area contributed by atoms with Gasteiger partial charge in [0.25, 0.3) is 0 Å². The number of amides is 2. The first-order chi connectivity index (χ1) is 13.3. The number of hydrogen-bond acceptors (Lipinski definition) is 4. The smallest absolute Gasteiger partial charge is 0.244 e. The Hall–Kier alpha value is -1.64. The third-order valence-electron chi connectivity index (χ3n) is 4.81. The maximum atomic E-state index is 12.7. The summed E-state index contributed by atoms with van der Waals surface area (Å²) in [6.45, 7) is 4.71. The first-order valence-electron chi connectivity index (χ1n) is 9.67. The summed E-state index contributed by atoms with van der Waals surface area (Å²) in [7, 11) is -3.66. The number of halogens is 1. The van der Waals surface area contributed by atoms with E-state index in [1.54, 1.807) is 18.7 Å². The summed E-state index contributed by atoms with van der Waals surface area (Å²) < 4.78 is 26.7. The van der Waals surface area contributed by atoms with Crippen LogP contribution in [-0.4, -0.2) is 55.6 Å². The van der Waals surface area contributed by atoms with Crippen molar-refractivity contribution >= 4 is 39.1 Å². The Balaban J connectivity index is 2.14. The fourth-order valence-corrected chi connectivity index (χ4v) is 4.87. The molecular formula is C19H28ClN3O4S. The van der Waals surface area contributed by atoms with Crippen molar-refractivity contribution in [2.75, 3.05) is 31.5 Å². The van der Waals surface area contributed by atoms with Crippen molar-refractivity contribution in [3.05, 3.63) is 23.2 Å². The molecule has 0 radical (unpaired) electrons. The molecule has 1 fully saturated rings. The molecule has 2 amide bonds. The van der Waals surface area contributed by atoms with Gasteiger partial charge in [-0.05, 0) is 31.0 Å². The summed E-state index contributed by atoms with van der Waals surface area (Å²) in [5, 5.41) is 2.90. The Bertz CT molecular complexity index is 809. The van der Waals surface area contributed by atoms with Crippen molar-refractivity contribution in [3.8, 4) is 0 Å². The number of carbonyl (C=O) groups excluding carboxylic acids is 2. The van der Waals surface area contributed by atoms with E-state index in [-0.39, 0.29) is 28.1 Å². The van der Waals surface area contributed by atoms with Gasteiger partial charge in [-0.15, -0.1) is 0 Å². The van der Waals surface area contributed by atoms with Crippen molar-refractivity contribution in [1.82, 2.24) is 9.21 Å². The minimum absolute atomic E-state index is 0.0289. The zero-order valence-electron chi connectivity index (χ0n) is 16.4. The fourth-order valence-electron chi connectivity index (χ4n) is 3.22. The summed E-state index contributed by atoms with van der Waals surface area (Å²) in [5.74, 6) is -0.424. The van der Waals surface area contributed by atoms with E-state index in [0.717, 1.165) is 25.7 Å². The monoisotopic (exact) mass is 429 g/mol. The number of sulfonamides is 1. The molecule has 1 saturated heterocycles. The quantitative estimate of drug-likeness (QED) is 0.721. The number of anilines is 1. The predicted molar refractivity (Wildman–Crippen MR) is 110 cm³/mol. The third-order valence-corrected chi connectivity index (χ3v) is 7.19. The Kier molecular flexibility index (Phi) is 8.27. The van der Waals surface area contributed by atoms with Crippen LogP contribution in [0.1, 0.15) is 46.0 Å². The number of carbonyl (C=O) groups is 2. The molecule has 0 bridgehead atoms. The molecule has 1 N–H and O–H groups in total. The standard InChI is InChI=1S/C19H28ClN3O4S/c1-3-23(4-2)28(26,27)15-10-11-16(20)17(13-15)21-18(24)14-22-12-8-6-5-7-9-19(22)25/h10-11,13H,3-9,12,14H2,1-2H3,(H,21,24). The van der Waals surface area contributed by atoms with Gasteiger partial charge < -0.3 is 10.2 Å². The van der Waals surface area contributed by atoms with Gasteiger partial charge >= 0.3 is 0 Å². The molecule has 1 aromatic rings. The SMILES string of the molecule is CCN(CC)S(=O)(=O)c1ccc(Cl)c(NC(=O)CN2CCCCCCC2=O)c1. The largest absolute Gasteiger partial charge is 0.333 e. The third kappa shape index (κ3) is 5.68. The van der Waals surface area contributed by atoms with Crippen molar-refractivity contribution in [2.45, 2.75) is 50.8 Å². The summed E-state index contributed by atoms with van der Waals surface area (Å²) >= 11 is 6.15. The first-order valence-corrected chi connectivity index (χ1v) is 11.5. The topological polar surface area (TPSA) is 86.8 Å². The van der Waals surface area contributed by atoms with Crippen molar-refractivity contribution < 1.29 is 18.0 Å². The van der Waals surface area contributed by atoms with Crippen molar-refractivity contribution in [1.29, 1.82) is 0 Å². The van der Waals surface area contributed by atoms with Crippen LogP contribution >= 0.6 is 11.6 Å². The van der Waals surface area contributed by atoms with Crippen molar-refractivity contribution in [3.63, 3.8) is 0 Å². The van der Waals surface area contributed by atoms with Crippen LogP contribution in [0.2, 0.25) is 5.02 Å². The molecule has 0 unspecified atom stereocenters. The highest BCUT2D eigenvalue weighted by molar-refractivity contribution is 7.89. The number of likely N-dealkylation sites (tertiary alicyclic amines) is 1. The van der Waals surface area contributed by atoms with Crippen LogP contribution in [-0.2, 0) is 19.6 Å². The molecule has 0 atom stereocenters. The number of rotatable bonds is 7. The number of hydrogen-bond donors (Lipinski definition) is 1. The van der Waals surface area contributed by atoms with Gasteiger partial charge in [0.05, 0.1) is 22.2 Å². The highest BCUT2D eigenvalue weighted by atomic mass is 35.5. The Labute approximate surface area is 172 Å². The molecule has 0 aromatic heterocycles. The summed E-state index contributed by atoms with van der Waals surface area (Å²) in [6.07, 6.45) is 4.24. The van der Waals surface area contributed by atoms with Crippen molar-refractivity contribution in [2.24, 2.45) is 0 Å². The van der Waals surface area contributed by atoms with Gasteiger partial charge in [0.15, 0.2) is 0 Å². The highest BCUT2D eigenvalue weighted by Crippen LogP contribution is 2.27. The van der Waals surface area contributed by atoms with E-state index in [0.29, 0.717) is 26.1 Å². The van der Waals surface area contributed by atoms with Crippen LogP contribution < -0.4 is 5.32 Å². The van der Waals surface area contributed by atoms with E-state index in [4.69, 9.17) is 11.6 Å². The van der Waals surface area contributed by atoms with Crippen LogP contribution in [0.4, 0.5) is 5.69 Å². The first kappa shape index (κ1) is 22.6. The molecule has 156 valence electrons. The molecule has 2 rings (SSSR count). The van der Waals surface area contributed by atoms with E-state index in [9.17, 15) is 18.0 Å². The zero-order valence-corrected chi connectivity index (χ0v) is 18.0. The van der Waals surface area contributed by atoms with Gasteiger partial charge in [-0.25, -0.2) is 8.42 Å². The van der Waals surface area contributed by atoms with Gasteiger partial charge in [0, 0.05) is 26.1 Å². The van der Waals surface area contributed by atoms with Crippen LogP contribution in [0.25, 0.3) is 0 Å². The van der Waals surface area contributed by atoms with Crippen LogP contribution in [0.15, 0.2) is 23.1 Å². The molecule has 0 spiro atoms. The molecule has 9 heteroatoms.